The van der Waals surface area contributed by atoms with Crippen LogP contribution in [0, 0.1) is 6.92 Å². The number of rotatable bonds is 5. The van der Waals surface area contributed by atoms with Gasteiger partial charge >= 0.3 is 0 Å². The first-order valence-electron chi connectivity index (χ1n) is 9.46. The van der Waals surface area contributed by atoms with Crippen molar-refractivity contribution in [2.75, 3.05) is 36.9 Å². The van der Waals surface area contributed by atoms with E-state index < -0.39 is 0 Å². The van der Waals surface area contributed by atoms with Crippen molar-refractivity contribution in [1.82, 2.24) is 9.88 Å². The maximum atomic E-state index is 12.8. The third-order valence-corrected chi connectivity index (χ3v) is 4.50. The largest absolute Gasteiger partial charge is 0.378 e. The summed E-state index contributed by atoms with van der Waals surface area (Å²) in [5, 5.41) is 6.06. The molecule has 2 aromatic rings. The summed E-state index contributed by atoms with van der Waals surface area (Å²) in [7, 11) is 0. The molecule has 28 heavy (non-hydrogen) atoms. The van der Waals surface area contributed by atoms with Crippen LogP contribution in [0.5, 0.6) is 0 Å². The Morgan fingerprint density at radius 1 is 1.14 bits per heavy atom. The van der Waals surface area contributed by atoms with Crippen LogP contribution in [-0.2, 0) is 4.74 Å². The van der Waals surface area contributed by atoms with Crippen molar-refractivity contribution in [1.29, 1.82) is 0 Å². The van der Waals surface area contributed by atoms with Crippen molar-refractivity contribution in [2.24, 2.45) is 0 Å². The Morgan fingerprint density at radius 3 is 2.61 bits per heavy atom. The summed E-state index contributed by atoms with van der Waals surface area (Å²) in [5.41, 5.74) is 2.49. The molecule has 0 radical (unpaired) electrons. The average Bonchev–Trinajstić information content (AvgIpc) is 2.69. The molecule has 1 fully saturated rings. The van der Waals surface area contributed by atoms with E-state index in [1.54, 1.807) is 35.4 Å². The maximum absolute atomic E-state index is 12.8. The van der Waals surface area contributed by atoms with Crippen LogP contribution < -0.4 is 10.6 Å². The van der Waals surface area contributed by atoms with Gasteiger partial charge in [0.1, 0.15) is 5.82 Å². The first-order valence-corrected chi connectivity index (χ1v) is 9.46. The van der Waals surface area contributed by atoms with Crippen LogP contribution in [0.25, 0.3) is 0 Å². The third-order valence-electron chi connectivity index (χ3n) is 4.50. The number of nitrogens with zero attached hydrogens (tertiary/aromatic N) is 2. The van der Waals surface area contributed by atoms with E-state index in [4.69, 9.17) is 4.74 Å². The van der Waals surface area contributed by atoms with Gasteiger partial charge in [-0.25, -0.2) is 4.98 Å². The number of carbonyl (C=O) groups excluding carboxylic acids is 2. The highest BCUT2D eigenvalue weighted by molar-refractivity contribution is 6.08. The lowest BCUT2D eigenvalue weighted by molar-refractivity contribution is 0.0302. The molecule has 2 amide bonds. The van der Waals surface area contributed by atoms with Gasteiger partial charge in [-0.3, -0.25) is 9.59 Å². The number of pyridine rings is 1. The third kappa shape index (κ3) is 4.67. The number of anilines is 2. The first-order chi connectivity index (χ1) is 13.5. The molecule has 0 atom stereocenters. The Balaban J connectivity index is 1.80. The molecule has 7 nitrogen and oxygen atoms in total. The minimum absolute atomic E-state index is 0.0413. The number of amides is 2. The number of morpholine rings is 1. The number of benzene rings is 1. The Labute approximate surface area is 165 Å². The van der Waals surface area contributed by atoms with Crippen LogP contribution in [0.15, 0.2) is 36.5 Å². The molecule has 0 spiro atoms. The average molecular weight is 382 g/mol. The van der Waals surface area contributed by atoms with Gasteiger partial charge < -0.3 is 20.3 Å². The predicted octanol–water partition coefficient (Wildman–Crippen LogP) is 2.94. The number of carbonyl (C=O) groups is 2. The molecular formula is C21H26N4O3. The van der Waals surface area contributed by atoms with E-state index in [1.165, 1.54) is 0 Å². The van der Waals surface area contributed by atoms with Crippen LogP contribution in [0.2, 0.25) is 0 Å². The monoisotopic (exact) mass is 382 g/mol. The van der Waals surface area contributed by atoms with Gasteiger partial charge in [-0.05, 0) is 50.6 Å². The zero-order chi connectivity index (χ0) is 20.1. The summed E-state index contributed by atoms with van der Waals surface area (Å²) in [5.74, 6) is 0.219. The van der Waals surface area contributed by atoms with Crippen LogP contribution in [-0.4, -0.2) is 54.0 Å². The second kappa shape index (κ2) is 8.84. The molecule has 1 aromatic heterocycles. The number of ether oxygens (including phenoxy) is 1. The molecule has 1 aliphatic rings. The number of aromatic nitrogens is 1. The van der Waals surface area contributed by atoms with Crippen LogP contribution >= 0.6 is 0 Å². The molecule has 1 saturated heterocycles. The van der Waals surface area contributed by atoms with Gasteiger partial charge in [0.15, 0.2) is 0 Å². The van der Waals surface area contributed by atoms with Crippen molar-refractivity contribution in [3.8, 4) is 0 Å². The lowest BCUT2D eigenvalue weighted by Gasteiger charge is -2.27. The molecule has 1 aromatic carbocycles. The first kappa shape index (κ1) is 19.8. The van der Waals surface area contributed by atoms with E-state index in [0.717, 1.165) is 5.56 Å². The van der Waals surface area contributed by atoms with E-state index in [0.29, 0.717) is 48.9 Å². The molecule has 0 bridgehead atoms. The molecule has 0 aliphatic carbocycles. The summed E-state index contributed by atoms with van der Waals surface area (Å²) in [4.78, 5) is 31.7. The SMILES string of the molecule is Cc1ccc(NC(=O)c2cccnc2NC(C)C)cc1C(=O)N1CCOCC1. The van der Waals surface area contributed by atoms with Gasteiger partial charge in [-0.2, -0.15) is 0 Å². The highest BCUT2D eigenvalue weighted by atomic mass is 16.5. The molecule has 3 rings (SSSR count). The quantitative estimate of drug-likeness (QED) is 0.831. The Hall–Kier alpha value is -2.93. The summed E-state index contributed by atoms with van der Waals surface area (Å²) >= 11 is 0. The van der Waals surface area contributed by atoms with E-state index in [9.17, 15) is 9.59 Å². The fourth-order valence-electron chi connectivity index (χ4n) is 3.04. The number of hydrogen-bond donors (Lipinski definition) is 2. The Bertz CT molecular complexity index is 860. The smallest absolute Gasteiger partial charge is 0.259 e. The normalized spacial score (nSPS) is 14.1. The molecular weight excluding hydrogens is 356 g/mol. The van der Waals surface area contributed by atoms with Gasteiger partial charge in [0.2, 0.25) is 0 Å². The van der Waals surface area contributed by atoms with Crippen molar-refractivity contribution in [3.05, 3.63) is 53.2 Å². The topological polar surface area (TPSA) is 83.6 Å². The molecule has 2 N–H and O–H groups in total. The van der Waals surface area contributed by atoms with Crippen molar-refractivity contribution in [2.45, 2.75) is 26.8 Å². The lowest BCUT2D eigenvalue weighted by Crippen LogP contribution is -2.41. The zero-order valence-electron chi connectivity index (χ0n) is 16.5. The predicted molar refractivity (Wildman–Crippen MR) is 109 cm³/mol. The molecule has 7 heteroatoms. The minimum atomic E-state index is -0.273. The lowest BCUT2D eigenvalue weighted by atomic mass is 10.1. The van der Waals surface area contributed by atoms with Crippen molar-refractivity contribution < 1.29 is 14.3 Å². The van der Waals surface area contributed by atoms with Gasteiger partial charge in [0.25, 0.3) is 11.8 Å². The van der Waals surface area contributed by atoms with Gasteiger partial charge in [-0.15, -0.1) is 0 Å². The molecule has 148 valence electrons. The molecule has 1 aliphatic heterocycles. The second-order valence-electron chi connectivity index (χ2n) is 7.09. The fraction of sp³-hybridized carbons (Fsp3) is 0.381. The van der Waals surface area contributed by atoms with Crippen molar-refractivity contribution in [3.63, 3.8) is 0 Å². The van der Waals surface area contributed by atoms with Gasteiger partial charge in [0.05, 0.1) is 18.8 Å². The summed E-state index contributed by atoms with van der Waals surface area (Å²) in [6, 6.07) is 8.98. The highest BCUT2D eigenvalue weighted by Gasteiger charge is 2.21. The summed E-state index contributed by atoms with van der Waals surface area (Å²) in [6.07, 6.45) is 1.65. The Morgan fingerprint density at radius 2 is 1.89 bits per heavy atom. The molecule has 2 heterocycles. The van der Waals surface area contributed by atoms with Gasteiger partial charge in [-0.1, -0.05) is 6.07 Å². The van der Waals surface area contributed by atoms with Crippen molar-refractivity contribution >= 4 is 23.3 Å². The van der Waals surface area contributed by atoms with E-state index in [-0.39, 0.29) is 17.9 Å². The minimum Gasteiger partial charge on any atom is -0.378 e. The maximum Gasteiger partial charge on any atom is 0.259 e. The van der Waals surface area contributed by atoms with E-state index in [2.05, 4.69) is 15.6 Å². The number of nitrogens with one attached hydrogen (secondary N) is 2. The van der Waals surface area contributed by atoms with Gasteiger partial charge in [0, 0.05) is 36.6 Å². The van der Waals surface area contributed by atoms with E-state index in [1.807, 2.05) is 26.8 Å². The van der Waals surface area contributed by atoms with Crippen LogP contribution in [0.1, 0.15) is 40.1 Å². The standard InChI is InChI=1S/C21H26N4O3/c1-14(2)23-19-17(5-4-8-22-19)20(26)24-16-7-6-15(3)18(13-16)21(27)25-9-11-28-12-10-25/h4-8,13-14H,9-12H2,1-3H3,(H,22,23)(H,24,26). The second-order valence-corrected chi connectivity index (χ2v) is 7.09. The number of hydrogen-bond acceptors (Lipinski definition) is 5. The molecule has 0 unspecified atom stereocenters. The zero-order valence-corrected chi connectivity index (χ0v) is 16.5. The Kier molecular flexibility index (Phi) is 6.26. The van der Waals surface area contributed by atoms with Crippen LogP contribution in [0.4, 0.5) is 11.5 Å². The molecule has 0 saturated carbocycles. The highest BCUT2D eigenvalue weighted by Crippen LogP contribution is 2.20. The summed E-state index contributed by atoms with van der Waals surface area (Å²) < 4.78 is 5.32. The number of aryl methyl sites for hydroxylation is 1. The summed E-state index contributed by atoms with van der Waals surface area (Å²) in [6.45, 7) is 8.12. The van der Waals surface area contributed by atoms with Crippen LogP contribution in [0.3, 0.4) is 0 Å². The fourth-order valence-corrected chi connectivity index (χ4v) is 3.04. The van der Waals surface area contributed by atoms with E-state index >= 15 is 0 Å².